The van der Waals surface area contributed by atoms with Gasteiger partial charge in [-0.1, -0.05) is 6.07 Å². The summed E-state index contributed by atoms with van der Waals surface area (Å²) in [6, 6.07) is 9.18. The van der Waals surface area contributed by atoms with Crippen LogP contribution in [0.2, 0.25) is 0 Å². The predicted octanol–water partition coefficient (Wildman–Crippen LogP) is -2.62. The lowest BCUT2D eigenvalue weighted by Crippen LogP contribution is -2.64. The summed E-state index contributed by atoms with van der Waals surface area (Å²) in [6.07, 6.45) is -23.3. The summed E-state index contributed by atoms with van der Waals surface area (Å²) in [6.45, 7) is -2.35. The maximum atomic E-state index is 14.5. The lowest BCUT2D eigenvalue weighted by molar-refractivity contribution is -0.345. The molecule has 7 rings (SSSR count). The van der Waals surface area contributed by atoms with Gasteiger partial charge in [-0.15, -0.1) is 0 Å². The van der Waals surface area contributed by atoms with E-state index in [1.54, 1.807) is 0 Å². The van der Waals surface area contributed by atoms with Gasteiger partial charge in [-0.2, -0.15) is 0 Å². The highest BCUT2D eigenvalue weighted by atomic mass is 16.8. The molecule has 0 spiro atoms. The van der Waals surface area contributed by atoms with Gasteiger partial charge in [-0.25, -0.2) is 4.79 Å². The van der Waals surface area contributed by atoms with Crippen LogP contribution in [0.4, 0.5) is 0 Å². The molecule has 0 bridgehead atoms. The Morgan fingerprint density at radius 2 is 1.39 bits per heavy atom. The number of hydrogen-bond acceptors (Lipinski definition) is 24. The number of methoxy groups -OCH3 is 1. The average Bonchev–Trinajstić information content (AvgIpc) is 3.29. The topological polar surface area (TPSA) is 384 Å². The van der Waals surface area contributed by atoms with E-state index in [9.17, 15) is 76.0 Å². The van der Waals surface area contributed by atoms with Crippen LogP contribution in [0.3, 0.4) is 0 Å². The van der Waals surface area contributed by atoms with Crippen molar-refractivity contribution >= 4 is 23.0 Å². The van der Waals surface area contributed by atoms with Crippen molar-refractivity contribution in [2.24, 2.45) is 0 Å². The molecule has 14 unspecified atom stereocenters. The number of aromatic hydroxyl groups is 4. The van der Waals surface area contributed by atoms with E-state index in [0.717, 1.165) is 30.3 Å². The summed E-state index contributed by atoms with van der Waals surface area (Å²) in [5.41, 5.74) is -1.44. The largest absolute Gasteiger partial charge is 0.507 e. The highest BCUT2D eigenvalue weighted by molar-refractivity contribution is 5.89. The van der Waals surface area contributed by atoms with Crippen molar-refractivity contribution in [1.29, 1.82) is 0 Å². The zero-order valence-electron chi connectivity index (χ0n) is 34.3. The van der Waals surface area contributed by atoms with Gasteiger partial charge in [0.1, 0.15) is 77.4 Å². The summed E-state index contributed by atoms with van der Waals surface area (Å²) in [4.78, 5) is 27.5. The number of aliphatic hydroxyl groups excluding tert-OH is 9. The molecule has 3 saturated heterocycles. The van der Waals surface area contributed by atoms with Gasteiger partial charge in [0.2, 0.25) is 23.8 Å². The second-order valence-corrected chi connectivity index (χ2v) is 15.3. The first-order chi connectivity index (χ1) is 31.4. The molecule has 3 aliphatic heterocycles. The number of phenolic OH excluding ortho intramolecular Hbond substituents is 4. The van der Waals surface area contributed by atoms with Crippen LogP contribution in [0.25, 0.3) is 28.4 Å². The Morgan fingerprint density at radius 1 is 0.712 bits per heavy atom. The molecule has 0 radical (unpaired) electrons. The van der Waals surface area contributed by atoms with Crippen molar-refractivity contribution in [2.45, 2.75) is 86.0 Å². The first-order valence-corrected chi connectivity index (χ1v) is 20.0. The van der Waals surface area contributed by atoms with Gasteiger partial charge in [0, 0.05) is 23.8 Å². The van der Waals surface area contributed by atoms with Gasteiger partial charge in [0.05, 0.1) is 26.9 Å². The number of phenols is 4. The van der Waals surface area contributed by atoms with Crippen LogP contribution in [0.1, 0.15) is 5.56 Å². The Labute approximate surface area is 371 Å². The maximum Gasteiger partial charge on any atom is 0.331 e. The molecular formula is C42H46O24. The summed E-state index contributed by atoms with van der Waals surface area (Å²) in [5.74, 6) is -5.11. The molecule has 24 heteroatoms. The summed E-state index contributed by atoms with van der Waals surface area (Å²) in [5, 5.41) is 135. The molecule has 66 heavy (non-hydrogen) atoms. The number of aliphatic hydroxyl groups is 9. The monoisotopic (exact) mass is 934 g/mol. The third kappa shape index (κ3) is 9.67. The molecule has 4 heterocycles. The lowest BCUT2D eigenvalue weighted by Gasteiger charge is -2.45. The Hall–Kier alpha value is -5.84. The first-order valence-electron chi connectivity index (χ1n) is 20.0. The van der Waals surface area contributed by atoms with Gasteiger partial charge in [0.25, 0.3) is 0 Å². The van der Waals surface area contributed by atoms with Gasteiger partial charge >= 0.3 is 5.97 Å². The standard InChI is InChI=1S/C42H46O24/c1-58-23-8-15(2-5-19(23)46)3-7-27(50)64-38-29(51)22(49)14-59-41(38)66-39-34(56)31(53)26(13-44)63-42(39)65-37-32(54)28-21(48)10-17(60-40-35(57)33(55)30(52)25(12-43)62-40)11-24(28)61-36(37)16-4-6-18(45)20(47)9-16/h2-11,22,25-26,29-31,33-35,38-49,51-53,55-57H,12-14H2,1H3. The summed E-state index contributed by atoms with van der Waals surface area (Å²) >= 11 is 0. The minimum absolute atomic E-state index is 0.0920. The Balaban J connectivity index is 1.24. The lowest BCUT2D eigenvalue weighted by atomic mass is 9.98. The molecule has 3 aliphatic rings. The van der Waals surface area contributed by atoms with E-state index in [4.69, 9.17) is 42.3 Å². The number of benzene rings is 3. The van der Waals surface area contributed by atoms with Crippen LogP contribution in [0.5, 0.6) is 40.2 Å². The fourth-order valence-electron chi connectivity index (χ4n) is 7.30. The second-order valence-electron chi connectivity index (χ2n) is 15.3. The number of hydrogen-bond donors (Lipinski definition) is 13. The van der Waals surface area contributed by atoms with Crippen molar-refractivity contribution in [3.63, 3.8) is 0 Å². The third-order valence-electron chi connectivity index (χ3n) is 10.9. The predicted molar refractivity (Wildman–Crippen MR) is 216 cm³/mol. The zero-order chi connectivity index (χ0) is 47.7. The van der Waals surface area contributed by atoms with E-state index in [-0.39, 0.29) is 22.8 Å². The Morgan fingerprint density at radius 3 is 2.08 bits per heavy atom. The van der Waals surface area contributed by atoms with E-state index in [1.165, 1.54) is 37.5 Å². The number of ether oxygens (including phenoxy) is 8. The van der Waals surface area contributed by atoms with E-state index < -0.39 is 157 Å². The second kappa shape index (κ2) is 19.9. The fraction of sp³-hybridized carbons (Fsp3) is 0.429. The molecule has 0 aliphatic carbocycles. The highest BCUT2D eigenvalue weighted by Crippen LogP contribution is 2.41. The minimum Gasteiger partial charge on any atom is -0.507 e. The number of fused-ring (bicyclic) bond motifs is 1. The van der Waals surface area contributed by atoms with Gasteiger partial charge in [-0.05, 0) is 42.0 Å². The fourth-order valence-corrected chi connectivity index (χ4v) is 7.30. The molecule has 13 N–H and O–H groups in total. The normalized spacial score (nSPS) is 31.4. The smallest absolute Gasteiger partial charge is 0.331 e. The van der Waals surface area contributed by atoms with E-state index in [1.807, 2.05) is 0 Å². The molecule has 358 valence electrons. The van der Waals surface area contributed by atoms with Crippen molar-refractivity contribution < 1.29 is 113 Å². The van der Waals surface area contributed by atoms with Crippen molar-refractivity contribution in [3.8, 4) is 51.6 Å². The quantitative estimate of drug-likeness (QED) is 0.0371. The number of carbonyl (C=O) groups is 1. The molecule has 14 atom stereocenters. The molecule has 4 aromatic rings. The number of esters is 1. The van der Waals surface area contributed by atoms with Crippen LogP contribution in [0, 0.1) is 0 Å². The van der Waals surface area contributed by atoms with Gasteiger partial charge < -0.3 is 109 Å². The van der Waals surface area contributed by atoms with Gasteiger partial charge in [-0.3, -0.25) is 4.79 Å². The molecule has 3 aromatic carbocycles. The third-order valence-corrected chi connectivity index (χ3v) is 10.9. The Bertz CT molecular complexity index is 2460. The molecule has 24 nitrogen and oxygen atoms in total. The van der Waals surface area contributed by atoms with E-state index in [2.05, 4.69) is 0 Å². The Kier molecular flexibility index (Phi) is 14.5. The number of carbonyl (C=O) groups excluding carboxylic acids is 1. The summed E-state index contributed by atoms with van der Waals surface area (Å²) in [7, 11) is 1.31. The molecule has 0 saturated carbocycles. The summed E-state index contributed by atoms with van der Waals surface area (Å²) < 4.78 is 50.8. The van der Waals surface area contributed by atoms with E-state index >= 15 is 0 Å². The molecular weight excluding hydrogens is 888 g/mol. The highest BCUT2D eigenvalue weighted by Gasteiger charge is 2.52. The number of rotatable bonds is 13. The molecule has 1 aromatic heterocycles. The average molecular weight is 935 g/mol. The zero-order valence-corrected chi connectivity index (χ0v) is 34.3. The van der Waals surface area contributed by atoms with Crippen molar-refractivity contribution in [3.05, 3.63) is 70.4 Å². The van der Waals surface area contributed by atoms with Crippen molar-refractivity contribution in [2.75, 3.05) is 26.9 Å². The first kappa shape index (κ1) is 48.1. The maximum absolute atomic E-state index is 14.5. The van der Waals surface area contributed by atoms with E-state index in [0.29, 0.717) is 5.56 Å². The van der Waals surface area contributed by atoms with Crippen molar-refractivity contribution in [1.82, 2.24) is 0 Å². The molecule has 0 amide bonds. The van der Waals surface area contributed by atoms with Crippen LogP contribution in [-0.2, 0) is 28.5 Å². The molecule has 3 fully saturated rings. The van der Waals surface area contributed by atoms with Crippen LogP contribution < -0.4 is 19.6 Å². The van der Waals surface area contributed by atoms with Gasteiger partial charge in [0.15, 0.2) is 47.3 Å². The van der Waals surface area contributed by atoms with Crippen LogP contribution in [-0.4, -0.2) is 185 Å². The van der Waals surface area contributed by atoms with Crippen LogP contribution >= 0.6 is 0 Å². The van der Waals surface area contributed by atoms with Crippen LogP contribution in [0.15, 0.2) is 63.8 Å². The minimum atomic E-state index is -2.08. The SMILES string of the molecule is COc1cc(C=CC(=O)OC2C(OC3C(Oc4c(-c5ccc(O)c(O)c5)oc5cc(OC6OC(CO)C(O)C(O)C6O)cc(O)c5c4=O)OC(CO)C(O)C3O)OCC(O)C2O)ccc1O.